The summed E-state index contributed by atoms with van der Waals surface area (Å²) in [6, 6.07) is 7.49. The average Bonchev–Trinajstić information content (AvgIpc) is 2.50. The van der Waals surface area contributed by atoms with E-state index in [0.717, 1.165) is 6.07 Å². The Morgan fingerprint density at radius 2 is 1.92 bits per heavy atom. The molecule has 0 aliphatic rings. The number of nitro benzene ring substituents is 1. The summed E-state index contributed by atoms with van der Waals surface area (Å²) in [5.74, 6) is -2.04. The average molecular weight is 351 g/mol. The van der Waals surface area contributed by atoms with Crippen LogP contribution in [-0.4, -0.2) is 27.0 Å². The van der Waals surface area contributed by atoms with Crippen LogP contribution in [0.1, 0.15) is 15.9 Å². The van der Waals surface area contributed by atoms with Gasteiger partial charge in [-0.3, -0.25) is 19.7 Å². The number of carboxylic acids is 1. The number of rotatable bonds is 5. The van der Waals surface area contributed by atoms with Crippen LogP contribution < -0.4 is 5.32 Å². The molecule has 0 aromatic heterocycles. The Kier molecular flexibility index (Phi) is 5.00. The third-order valence-electron chi connectivity index (χ3n) is 3.07. The van der Waals surface area contributed by atoms with E-state index in [1.807, 2.05) is 0 Å². The van der Waals surface area contributed by atoms with Crippen LogP contribution in [0.5, 0.6) is 5.75 Å². The predicted octanol–water partition coefficient (Wildman–Crippen LogP) is 2.83. The number of phenolic OH excluding ortho intramolecular Hbond substituents is 1. The van der Waals surface area contributed by atoms with Crippen molar-refractivity contribution in [1.29, 1.82) is 0 Å². The molecule has 0 bridgehead atoms. The van der Waals surface area contributed by atoms with E-state index >= 15 is 0 Å². The van der Waals surface area contributed by atoms with Gasteiger partial charge in [-0.05, 0) is 29.8 Å². The van der Waals surface area contributed by atoms with Gasteiger partial charge in [0.25, 0.3) is 11.6 Å². The Bertz CT molecular complexity index is 837. The largest absolute Gasteiger partial charge is 0.506 e. The highest BCUT2D eigenvalue weighted by molar-refractivity contribution is 6.32. The lowest BCUT2D eigenvalue weighted by atomic mass is 10.1. The van der Waals surface area contributed by atoms with E-state index in [9.17, 15) is 24.8 Å². The van der Waals surface area contributed by atoms with Crippen molar-refractivity contribution in [3.8, 4) is 5.75 Å². The Morgan fingerprint density at radius 3 is 2.54 bits per heavy atom. The summed E-state index contributed by atoms with van der Waals surface area (Å²) in [5, 5.41) is 31.6. The van der Waals surface area contributed by atoms with E-state index in [0.29, 0.717) is 5.56 Å². The zero-order valence-electron chi connectivity index (χ0n) is 12.0. The molecule has 0 unspecified atom stereocenters. The van der Waals surface area contributed by atoms with Crippen LogP contribution in [0.2, 0.25) is 5.02 Å². The first-order chi connectivity index (χ1) is 11.3. The molecule has 2 aromatic rings. The van der Waals surface area contributed by atoms with Crippen LogP contribution in [0.25, 0.3) is 0 Å². The quantitative estimate of drug-likeness (QED) is 0.432. The molecule has 8 nitrogen and oxygen atoms in total. The van der Waals surface area contributed by atoms with Gasteiger partial charge in [0.1, 0.15) is 10.8 Å². The minimum absolute atomic E-state index is 0.00338. The van der Waals surface area contributed by atoms with Gasteiger partial charge >= 0.3 is 5.97 Å². The molecule has 0 radical (unpaired) electrons. The number of hydrogen-bond acceptors (Lipinski definition) is 5. The fourth-order valence-corrected chi connectivity index (χ4v) is 2.14. The number of aromatic hydroxyl groups is 1. The molecule has 0 saturated heterocycles. The Hall–Kier alpha value is -3.13. The van der Waals surface area contributed by atoms with Gasteiger partial charge in [-0.1, -0.05) is 17.7 Å². The van der Waals surface area contributed by atoms with E-state index in [1.165, 1.54) is 30.3 Å². The summed E-state index contributed by atoms with van der Waals surface area (Å²) in [7, 11) is 0. The Balaban J connectivity index is 2.28. The monoisotopic (exact) mass is 350 g/mol. The molecular weight excluding hydrogens is 340 g/mol. The highest BCUT2D eigenvalue weighted by Gasteiger charge is 2.17. The molecule has 0 aliphatic heterocycles. The number of phenols is 1. The summed E-state index contributed by atoms with van der Waals surface area (Å²) >= 11 is 5.68. The first-order valence-corrected chi connectivity index (χ1v) is 6.94. The molecule has 1 amide bonds. The van der Waals surface area contributed by atoms with Crippen molar-refractivity contribution >= 4 is 34.9 Å². The summed E-state index contributed by atoms with van der Waals surface area (Å²) in [4.78, 5) is 33.0. The van der Waals surface area contributed by atoms with Gasteiger partial charge in [-0.25, -0.2) is 0 Å². The second kappa shape index (κ2) is 6.97. The number of amides is 1. The van der Waals surface area contributed by atoms with E-state index < -0.39 is 22.5 Å². The normalized spacial score (nSPS) is 10.2. The fourth-order valence-electron chi connectivity index (χ4n) is 1.96. The van der Waals surface area contributed by atoms with Gasteiger partial charge < -0.3 is 15.5 Å². The molecule has 2 aromatic carbocycles. The minimum Gasteiger partial charge on any atom is -0.506 e. The van der Waals surface area contributed by atoms with E-state index in [2.05, 4.69) is 5.32 Å². The third kappa shape index (κ3) is 3.99. The first kappa shape index (κ1) is 17.2. The molecule has 0 atom stereocenters. The maximum absolute atomic E-state index is 12.2. The van der Waals surface area contributed by atoms with Crippen LogP contribution in [0.3, 0.4) is 0 Å². The first-order valence-electron chi connectivity index (χ1n) is 6.57. The standard InChI is InChI=1S/C15H11ClN2O6/c16-10-3-2-9(7-12(10)18(23)24)15(22)17-11-5-8(6-14(20)21)1-4-13(11)19/h1-5,7,19H,6H2,(H,17,22)(H,20,21). The zero-order chi connectivity index (χ0) is 17.9. The van der Waals surface area contributed by atoms with Crippen molar-refractivity contribution in [3.05, 3.63) is 62.7 Å². The summed E-state index contributed by atoms with van der Waals surface area (Å²) in [6.07, 6.45) is -0.282. The second-order valence-electron chi connectivity index (χ2n) is 4.80. The van der Waals surface area contributed by atoms with Crippen LogP contribution in [0.4, 0.5) is 11.4 Å². The lowest BCUT2D eigenvalue weighted by molar-refractivity contribution is -0.384. The lowest BCUT2D eigenvalue weighted by Gasteiger charge is -2.09. The van der Waals surface area contributed by atoms with Crippen molar-refractivity contribution in [1.82, 2.24) is 0 Å². The number of carbonyl (C=O) groups is 2. The zero-order valence-corrected chi connectivity index (χ0v) is 12.8. The Morgan fingerprint density at radius 1 is 1.21 bits per heavy atom. The molecule has 0 spiro atoms. The van der Waals surface area contributed by atoms with E-state index in [4.69, 9.17) is 16.7 Å². The number of nitro groups is 1. The SMILES string of the molecule is O=C(O)Cc1ccc(O)c(NC(=O)c2ccc(Cl)c([N+](=O)[O-])c2)c1. The molecular formula is C15H11ClN2O6. The fraction of sp³-hybridized carbons (Fsp3) is 0.0667. The smallest absolute Gasteiger partial charge is 0.307 e. The lowest BCUT2D eigenvalue weighted by Crippen LogP contribution is -2.13. The molecule has 0 heterocycles. The van der Waals surface area contributed by atoms with Crippen molar-refractivity contribution in [2.75, 3.05) is 5.32 Å². The molecule has 2 rings (SSSR count). The van der Waals surface area contributed by atoms with Gasteiger partial charge in [-0.15, -0.1) is 0 Å². The van der Waals surface area contributed by atoms with E-state index in [1.54, 1.807) is 0 Å². The highest BCUT2D eigenvalue weighted by Crippen LogP contribution is 2.28. The number of hydrogen-bond donors (Lipinski definition) is 3. The van der Waals surface area contributed by atoms with Gasteiger partial charge in [0.2, 0.25) is 0 Å². The number of nitrogens with zero attached hydrogens (tertiary/aromatic N) is 1. The minimum atomic E-state index is -1.06. The van der Waals surface area contributed by atoms with Gasteiger partial charge in [0, 0.05) is 11.6 Å². The van der Waals surface area contributed by atoms with Crippen molar-refractivity contribution in [3.63, 3.8) is 0 Å². The van der Waals surface area contributed by atoms with Crippen LogP contribution in [0.15, 0.2) is 36.4 Å². The molecule has 0 aliphatic carbocycles. The third-order valence-corrected chi connectivity index (χ3v) is 3.39. The molecule has 0 fully saturated rings. The van der Waals surface area contributed by atoms with E-state index in [-0.39, 0.29) is 28.4 Å². The van der Waals surface area contributed by atoms with Gasteiger partial charge in [0.15, 0.2) is 0 Å². The number of carboxylic acid groups (broad SMARTS) is 1. The number of aliphatic carboxylic acids is 1. The summed E-state index contributed by atoms with van der Waals surface area (Å²) in [6.45, 7) is 0. The predicted molar refractivity (Wildman–Crippen MR) is 85.5 cm³/mol. The van der Waals surface area contributed by atoms with Crippen LogP contribution in [-0.2, 0) is 11.2 Å². The summed E-state index contributed by atoms with van der Waals surface area (Å²) < 4.78 is 0. The summed E-state index contributed by atoms with van der Waals surface area (Å²) in [5.41, 5.74) is -0.0867. The molecule has 0 saturated carbocycles. The molecule has 3 N–H and O–H groups in total. The van der Waals surface area contributed by atoms with Crippen molar-refractivity contribution in [2.24, 2.45) is 0 Å². The highest BCUT2D eigenvalue weighted by atomic mass is 35.5. The maximum atomic E-state index is 12.2. The molecule has 24 heavy (non-hydrogen) atoms. The van der Waals surface area contributed by atoms with Crippen LogP contribution in [0, 0.1) is 10.1 Å². The van der Waals surface area contributed by atoms with Crippen molar-refractivity contribution < 1.29 is 24.7 Å². The van der Waals surface area contributed by atoms with Gasteiger partial charge in [-0.2, -0.15) is 0 Å². The number of nitrogens with one attached hydrogen (secondary N) is 1. The topological polar surface area (TPSA) is 130 Å². The second-order valence-corrected chi connectivity index (χ2v) is 5.21. The van der Waals surface area contributed by atoms with Gasteiger partial charge in [0.05, 0.1) is 17.0 Å². The Labute approximate surface area is 140 Å². The molecule has 124 valence electrons. The number of anilines is 1. The van der Waals surface area contributed by atoms with Crippen molar-refractivity contribution in [2.45, 2.75) is 6.42 Å². The number of carbonyl (C=O) groups excluding carboxylic acids is 1. The number of benzene rings is 2. The maximum Gasteiger partial charge on any atom is 0.307 e. The molecule has 9 heteroatoms. The number of halogens is 1. The van der Waals surface area contributed by atoms with Crippen LogP contribution >= 0.6 is 11.6 Å².